The number of ether oxygens (including phenoxy) is 4. The Morgan fingerprint density at radius 1 is 0.930 bits per heavy atom. The first-order valence-corrected chi connectivity index (χ1v) is 13.8. The lowest BCUT2D eigenvalue weighted by Crippen LogP contribution is -2.63. The fourth-order valence-electron chi connectivity index (χ4n) is 5.35. The molecule has 0 radical (unpaired) electrons. The summed E-state index contributed by atoms with van der Waals surface area (Å²) in [6.45, 7) is 7.14. The minimum atomic E-state index is -1.39. The summed E-state index contributed by atoms with van der Waals surface area (Å²) in [4.78, 5) is 26.2. The van der Waals surface area contributed by atoms with E-state index in [2.05, 4.69) is 5.32 Å². The molecule has 4 aromatic rings. The predicted molar refractivity (Wildman–Crippen MR) is 161 cm³/mol. The van der Waals surface area contributed by atoms with Crippen LogP contribution in [0.5, 0.6) is 11.5 Å². The number of hydrogen-bond donors (Lipinski definition) is 3. The molecule has 1 aromatic heterocycles. The van der Waals surface area contributed by atoms with Crippen LogP contribution < -0.4 is 20.4 Å². The molecule has 10 nitrogen and oxygen atoms in total. The van der Waals surface area contributed by atoms with E-state index in [1.807, 2.05) is 31.2 Å². The molecule has 5 rings (SSSR count). The lowest BCUT2D eigenvalue weighted by molar-refractivity contribution is -0.306. The first kappa shape index (κ1) is 30.2. The average molecular weight is 590 g/mol. The van der Waals surface area contributed by atoms with Crippen molar-refractivity contribution in [1.82, 2.24) is 0 Å². The largest absolute Gasteiger partial charge is 0.496 e. The van der Waals surface area contributed by atoms with Gasteiger partial charge >= 0.3 is 5.63 Å². The van der Waals surface area contributed by atoms with Crippen molar-refractivity contribution in [2.24, 2.45) is 0 Å². The van der Waals surface area contributed by atoms with Crippen molar-refractivity contribution in [3.63, 3.8) is 0 Å². The summed E-state index contributed by atoms with van der Waals surface area (Å²) in [5.74, 6) is 0.414. The maximum atomic E-state index is 13.2. The number of carbonyl (C=O) groups excluding carboxylic acids is 1. The normalized spacial score (nSPS) is 21.4. The van der Waals surface area contributed by atoms with Gasteiger partial charge in [-0.05, 0) is 69.7 Å². The maximum Gasteiger partial charge on any atom is 0.360 e. The van der Waals surface area contributed by atoms with Crippen LogP contribution in [0.15, 0.2) is 69.9 Å². The van der Waals surface area contributed by atoms with E-state index < -0.39 is 41.7 Å². The van der Waals surface area contributed by atoms with Gasteiger partial charge in [-0.3, -0.25) is 4.79 Å². The summed E-state index contributed by atoms with van der Waals surface area (Å²) in [6, 6.07) is 17.7. The Kier molecular flexibility index (Phi) is 8.31. The average Bonchev–Trinajstić information content (AvgIpc) is 2.98. The first-order valence-electron chi connectivity index (χ1n) is 13.8. The third-order valence-electron chi connectivity index (χ3n) is 7.71. The molecule has 2 heterocycles. The van der Waals surface area contributed by atoms with E-state index in [1.54, 1.807) is 58.2 Å². The predicted octanol–water partition coefficient (Wildman–Crippen LogP) is 4.59. The summed E-state index contributed by atoms with van der Waals surface area (Å²) in [7, 11) is 3.00. The highest BCUT2D eigenvalue weighted by Gasteiger charge is 2.50. The van der Waals surface area contributed by atoms with Gasteiger partial charge in [-0.2, -0.15) is 0 Å². The number of aliphatic hydroxyl groups excluding tert-OH is 2. The second kappa shape index (κ2) is 11.8. The Labute approximate surface area is 248 Å². The Morgan fingerprint density at radius 3 is 2.30 bits per heavy atom. The zero-order chi connectivity index (χ0) is 31.1. The van der Waals surface area contributed by atoms with Crippen LogP contribution >= 0.6 is 0 Å². The van der Waals surface area contributed by atoms with E-state index in [1.165, 1.54) is 13.2 Å². The fourth-order valence-corrected chi connectivity index (χ4v) is 5.35. The summed E-state index contributed by atoms with van der Waals surface area (Å²) in [5.41, 5.74) is 2.06. The van der Waals surface area contributed by atoms with Crippen LogP contribution in [0, 0.1) is 13.8 Å². The molecule has 1 aliphatic rings. The van der Waals surface area contributed by atoms with Crippen LogP contribution in [0.3, 0.4) is 0 Å². The second-order valence-electron chi connectivity index (χ2n) is 11.1. The molecule has 0 spiro atoms. The summed E-state index contributed by atoms with van der Waals surface area (Å²) < 4.78 is 28.3. The highest BCUT2D eigenvalue weighted by Crippen LogP contribution is 2.35. The molecule has 0 saturated carbocycles. The molecule has 0 bridgehead atoms. The number of aliphatic hydroxyl groups is 2. The number of rotatable bonds is 7. The number of hydrogen-bond acceptors (Lipinski definition) is 9. The van der Waals surface area contributed by atoms with Crippen LogP contribution in [0.25, 0.3) is 22.1 Å². The van der Waals surface area contributed by atoms with Gasteiger partial charge in [-0.25, -0.2) is 4.79 Å². The van der Waals surface area contributed by atoms with E-state index in [0.717, 1.165) is 16.7 Å². The van der Waals surface area contributed by atoms with Crippen LogP contribution in [0.2, 0.25) is 0 Å². The molecule has 10 heteroatoms. The van der Waals surface area contributed by atoms with Crippen molar-refractivity contribution in [2.75, 3.05) is 19.5 Å². The maximum absolute atomic E-state index is 13.2. The minimum absolute atomic E-state index is 0.0280. The number of benzene rings is 3. The Morgan fingerprint density at radius 2 is 1.63 bits per heavy atom. The van der Waals surface area contributed by atoms with Crippen molar-refractivity contribution >= 4 is 22.6 Å². The highest BCUT2D eigenvalue weighted by molar-refractivity contribution is 6.05. The molecule has 3 N–H and O–H groups in total. The van der Waals surface area contributed by atoms with E-state index >= 15 is 0 Å². The quantitative estimate of drug-likeness (QED) is 0.265. The Bertz CT molecular complexity index is 1710. The standard InChI is InChI=1S/C33H35NO9/c1-17-7-9-19(10-8-17)22-15-21(12-14-25(22)39-5)30(37)34-23-16-20-11-13-24(18(2)28(20)42-31(23)38)41-32-27(36)26(35)29(40-6)33(3,4)43-32/h7-16,26-27,29,32,35-36H,1-6H3,(H,34,37)/t26-,27-,29+,32+/m0/s1. The van der Waals surface area contributed by atoms with Gasteiger partial charge in [0.15, 0.2) is 0 Å². The third kappa shape index (κ3) is 5.87. The van der Waals surface area contributed by atoms with E-state index in [4.69, 9.17) is 23.4 Å². The minimum Gasteiger partial charge on any atom is -0.496 e. The van der Waals surface area contributed by atoms with Gasteiger partial charge in [-0.1, -0.05) is 29.8 Å². The molecule has 0 aliphatic carbocycles. The Hall–Kier alpha value is -4.22. The topological polar surface area (TPSA) is 137 Å². The first-order chi connectivity index (χ1) is 20.4. The summed E-state index contributed by atoms with van der Waals surface area (Å²) in [5, 5.41) is 24.4. The molecule has 1 saturated heterocycles. The molecule has 1 amide bonds. The second-order valence-corrected chi connectivity index (χ2v) is 11.1. The van der Waals surface area contributed by atoms with Gasteiger partial charge in [-0.15, -0.1) is 0 Å². The molecular weight excluding hydrogens is 554 g/mol. The number of amides is 1. The van der Waals surface area contributed by atoms with Crippen LogP contribution in [-0.2, 0) is 9.47 Å². The molecule has 3 aromatic carbocycles. The number of carbonyl (C=O) groups is 1. The number of fused-ring (bicyclic) bond motifs is 1. The Balaban J connectivity index is 1.39. The summed E-state index contributed by atoms with van der Waals surface area (Å²) in [6.07, 6.45) is -4.60. The number of methoxy groups -OCH3 is 2. The van der Waals surface area contributed by atoms with E-state index in [0.29, 0.717) is 22.3 Å². The number of anilines is 1. The lowest BCUT2D eigenvalue weighted by atomic mass is 9.89. The van der Waals surface area contributed by atoms with E-state index in [-0.39, 0.29) is 17.0 Å². The third-order valence-corrected chi connectivity index (χ3v) is 7.71. The molecule has 226 valence electrons. The van der Waals surface area contributed by atoms with Gasteiger partial charge < -0.3 is 38.9 Å². The molecule has 4 atom stereocenters. The number of nitrogens with one attached hydrogen (secondary N) is 1. The zero-order valence-corrected chi connectivity index (χ0v) is 24.8. The van der Waals surface area contributed by atoms with Crippen molar-refractivity contribution < 1.29 is 38.4 Å². The van der Waals surface area contributed by atoms with Crippen molar-refractivity contribution in [3.05, 3.63) is 87.8 Å². The van der Waals surface area contributed by atoms with Gasteiger partial charge in [0.1, 0.15) is 41.1 Å². The van der Waals surface area contributed by atoms with Crippen molar-refractivity contribution in [2.45, 2.75) is 57.9 Å². The smallest absolute Gasteiger partial charge is 0.360 e. The van der Waals surface area contributed by atoms with E-state index in [9.17, 15) is 19.8 Å². The summed E-state index contributed by atoms with van der Waals surface area (Å²) >= 11 is 0. The molecular formula is C33H35NO9. The van der Waals surface area contributed by atoms with Crippen molar-refractivity contribution in [3.8, 4) is 22.6 Å². The zero-order valence-electron chi connectivity index (χ0n) is 24.8. The fraction of sp³-hybridized carbons (Fsp3) is 0.333. The molecule has 1 fully saturated rings. The van der Waals surface area contributed by atoms with Gasteiger partial charge in [0.2, 0.25) is 6.29 Å². The lowest BCUT2D eigenvalue weighted by Gasteiger charge is -2.46. The molecule has 1 aliphatic heterocycles. The van der Waals surface area contributed by atoms with Crippen LogP contribution in [0.4, 0.5) is 5.69 Å². The monoisotopic (exact) mass is 589 g/mol. The molecule has 0 unspecified atom stereocenters. The van der Waals surface area contributed by atoms with Gasteiger partial charge in [0, 0.05) is 29.2 Å². The van der Waals surface area contributed by atoms with Crippen LogP contribution in [0.1, 0.15) is 35.3 Å². The van der Waals surface area contributed by atoms with Crippen molar-refractivity contribution in [1.29, 1.82) is 0 Å². The van der Waals surface area contributed by atoms with Gasteiger partial charge in [0.05, 0.1) is 12.7 Å². The molecule has 43 heavy (non-hydrogen) atoms. The SMILES string of the molecule is COc1ccc(C(=O)Nc2cc3ccc(O[C@@H]4OC(C)(C)[C@H](OC)[C@@H](O)[C@@H]4O)c(C)c3oc2=O)cc1-c1ccc(C)cc1. The van der Waals surface area contributed by atoms with Gasteiger partial charge in [0.25, 0.3) is 5.91 Å². The highest BCUT2D eigenvalue weighted by atomic mass is 16.7. The number of aryl methyl sites for hydroxylation is 2. The van der Waals surface area contributed by atoms with Crippen LogP contribution in [-0.4, -0.2) is 60.5 Å².